The molecule has 2 heterocycles. The van der Waals surface area contributed by atoms with Crippen LogP contribution in [0.5, 0.6) is 0 Å². The van der Waals surface area contributed by atoms with Gasteiger partial charge < -0.3 is 14.6 Å². The molecule has 1 aromatic carbocycles. The third-order valence-corrected chi connectivity index (χ3v) is 4.33. The number of hydrogen-bond acceptors (Lipinski definition) is 2. The van der Waals surface area contributed by atoms with Crippen molar-refractivity contribution in [1.82, 2.24) is 9.47 Å². The molecule has 2 unspecified atom stereocenters. The van der Waals surface area contributed by atoms with Gasteiger partial charge in [0.05, 0.1) is 5.92 Å². The average Bonchev–Trinajstić information content (AvgIpc) is 3.16. The van der Waals surface area contributed by atoms with Crippen molar-refractivity contribution in [2.24, 2.45) is 5.92 Å². The Labute approximate surface area is 128 Å². The maximum Gasteiger partial charge on any atom is 0.308 e. The van der Waals surface area contributed by atoms with Crippen LogP contribution >= 0.6 is 0 Å². The number of benzene rings is 1. The number of aromatic nitrogens is 1. The second kappa shape index (κ2) is 5.67. The first-order chi connectivity index (χ1) is 10.6. The number of carboxylic acids is 1. The first-order valence-corrected chi connectivity index (χ1v) is 7.35. The van der Waals surface area contributed by atoms with E-state index < -0.39 is 11.9 Å². The highest BCUT2D eigenvalue weighted by molar-refractivity contribution is 5.95. The van der Waals surface area contributed by atoms with Crippen molar-refractivity contribution in [3.8, 4) is 5.69 Å². The lowest BCUT2D eigenvalue weighted by Crippen LogP contribution is -2.37. The van der Waals surface area contributed by atoms with Crippen LogP contribution in [0.25, 0.3) is 5.69 Å². The summed E-state index contributed by atoms with van der Waals surface area (Å²) in [7, 11) is 0. The van der Waals surface area contributed by atoms with E-state index in [9.17, 15) is 14.7 Å². The minimum atomic E-state index is -0.830. The standard InChI is InChI=1S/C17H18N2O3/c1-12-15(17(21)22)7-10-19(12)16(20)13-5-4-6-14(11-13)18-8-2-3-9-18/h2-6,8-9,11-12,15H,7,10H2,1H3,(H,21,22). The van der Waals surface area contributed by atoms with Crippen molar-refractivity contribution in [3.05, 3.63) is 54.4 Å². The zero-order valence-electron chi connectivity index (χ0n) is 12.3. The van der Waals surface area contributed by atoms with E-state index in [1.807, 2.05) is 47.3 Å². The Morgan fingerprint density at radius 1 is 1.18 bits per heavy atom. The van der Waals surface area contributed by atoms with Crippen LogP contribution in [0, 0.1) is 5.92 Å². The highest BCUT2D eigenvalue weighted by atomic mass is 16.4. The quantitative estimate of drug-likeness (QED) is 0.946. The van der Waals surface area contributed by atoms with Crippen LogP contribution in [-0.2, 0) is 4.79 Å². The molecule has 3 rings (SSSR count). The van der Waals surface area contributed by atoms with Crippen molar-refractivity contribution >= 4 is 11.9 Å². The second-order valence-corrected chi connectivity index (χ2v) is 5.61. The van der Waals surface area contributed by atoms with Crippen molar-refractivity contribution in [2.45, 2.75) is 19.4 Å². The zero-order chi connectivity index (χ0) is 15.7. The van der Waals surface area contributed by atoms with Crippen LogP contribution in [0.2, 0.25) is 0 Å². The molecular weight excluding hydrogens is 280 g/mol. The molecule has 1 amide bonds. The molecule has 1 N–H and O–H groups in total. The van der Waals surface area contributed by atoms with Gasteiger partial charge in [-0.25, -0.2) is 0 Å². The van der Waals surface area contributed by atoms with Crippen molar-refractivity contribution < 1.29 is 14.7 Å². The Morgan fingerprint density at radius 2 is 1.91 bits per heavy atom. The van der Waals surface area contributed by atoms with E-state index in [0.29, 0.717) is 18.5 Å². The number of nitrogens with zero attached hydrogens (tertiary/aromatic N) is 2. The summed E-state index contributed by atoms with van der Waals surface area (Å²) in [6.07, 6.45) is 4.35. The average molecular weight is 298 g/mol. The number of carbonyl (C=O) groups is 2. The van der Waals surface area contributed by atoms with Crippen LogP contribution < -0.4 is 0 Å². The van der Waals surface area contributed by atoms with Gasteiger partial charge in [0, 0.05) is 36.2 Å². The first-order valence-electron chi connectivity index (χ1n) is 7.35. The third kappa shape index (κ3) is 2.50. The Balaban J connectivity index is 1.84. The molecule has 2 aromatic rings. The van der Waals surface area contributed by atoms with Gasteiger partial charge in [-0.2, -0.15) is 0 Å². The van der Waals surface area contributed by atoms with Crippen LogP contribution in [0.3, 0.4) is 0 Å². The zero-order valence-corrected chi connectivity index (χ0v) is 12.3. The summed E-state index contributed by atoms with van der Waals surface area (Å²) in [4.78, 5) is 25.5. The molecule has 1 aromatic heterocycles. The van der Waals surface area contributed by atoms with Crippen LogP contribution in [0.4, 0.5) is 0 Å². The van der Waals surface area contributed by atoms with Gasteiger partial charge >= 0.3 is 5.97 Å². The monoisotopic (exact) mass is 298 g/mol. The lowest BCUT2D eigenvalue weighted by molar-refractivity contribution is -0.142. The Bertz CT molecular complexity index is 694. The fourth-order valence-electron chi connectivity index (χ4n) is 3.03. The fraction of sp³-hybridized carbons (Fsp3) is 0.294. The second-order valence-electron chi connectivity index (χ2n) is 5.61. The topological polar surface area (TPSA) is 62.5 Å². The summed E-state index contributed by atoms with van der Waals surface area (Å²) in [6, 6.07) is 11.0. The molecular formula is C17H18N2O3. The van der Waals surface area contributed by atoms with Crippen molar-refractivity contribution in [3.63, 3.8) is 0 Å². The summed E-state index contributed by atoms with van der Waals surface area (Å²) >= 11 is 0. The van der Waals surface area contributed by atoms with Gasteiger partial charge in [0.25, 0.3) is 5.91 Å². The van der Waals surface area contributed by atoms with E-state index in [1.165, 1.54) is 0 Å². The van der Waals surface area contributed by atoms with E-state index >= 15 is 0 Å². The minimum Gasteiger partial charge on any atom is -0.481 e. The summed E-state index contributed by atoms with van der Waals surface area (Å²) in [5.41, 5.74) is 1.50. The summed E-state index contributed by atoms with van der Waals surface area (Å²) in [5, 5.41) is 9.18. The van der Waals surface area contributed by atoms with Gasteiger partial charge in [0.15, 0.2) is 0 Å². The van der Waals surface area contributed by atoms with E-state index in [-0.39, 0.29) is 11.9 Å². The largest absolute Gasteiger partial charge is 0.481 e. The SMILES string of the molecule is CC1C(C(=O)O)CCN1C(=O)c1cccc(-n2cccc2)c1. The molecule has 1 saturated heterocycles. The molecule has 5 heteroatoms. The van der Waals surface area contributed by atoms with Crippen LogP contribution in [0.1, 0.15) is 23.7 Å². The van der Waals surface area contributed by atoms with Crippen molar-refractivity contribution in [2.75, 3.05) is 6.54 Å². The Morgan fingerprint density at radius 3 is 2.55 bits per heavy atom. The molecule has 5 nitrogen and oxygen atoms in total. The number of amides is 1. The van der Waals surface area contributed by atoms with Gasteiger partial charge in [0.2, 0.25) is 0 Å². The van der Waals surface area contributed by atoms with Gasteiger partial charge in [-0.15, -0.1) is 0 Å². The molecule has 0 spiro atoms. The predicted octanol–water partition coefficient (Wildman–Crippen LogP) is 2.41. The lowest BCUT2D eigenvalue weighted by atomic mass is 10.0. The maximum atomic E-state index is 12.7. The van der Waals surface area contributed by atoms with Gasteiger partial charge in [-0.3, -0.25) is 9.59 Å². The number of carbonyl (C=O) groups excluding carboxylic acids is 1. The fourth-order valence-corrected chi connectivity index (χ4v) is 3.03. The lowest BCUT2D eigenvalue weighted by Gasteiger charge is -2.23. The smallest absolute Gasteiger partial charge is 0.308 e. The number of hydrogen-bond donors (Lipinski definition) is 1. The summed E-state index contributed by atoms with van der Waals surface area (Å²) in [6.45, 7) is 2.30. The molecule has 1 aliphatic rings. The number of rotatable bonds is 3. The normalized spacial score (nSPS) is 21.0. The number of likely N-dealkylation sites (tertiary alicyclic amines) is 1. The minimum absolute atomic E-state index is 0.106. The summed E-state index contributed by atoms with van der Waals surface area (Å²) in [5.74, 6) is -1.41. The van der Waals surface area contributed by atoms with Crippen LogP contribution in [-0.4, -0.2) is 39.0 Å². The predicted molar refractivity (Wildman–Crippen MR) is 82.0 cm³/mol. The van der Waals surface area contributed by atoms with E-state index in [4.69, 9.17) is 0 Å². The highest BCUT2D eigenvalue weighted by Gasteiger charge is 2.38. The van der Waals surface area contributed by atoms with Crippen LogP contribution in [0.15, 0.2) is 48.8 Å². The molecule has 0 saturated carbocycles. The highest BCUT2D eigenvalue weighted by Crippen LogP contribution is 2.26. The maximum absolute atomic E-state index is 12.7. The van der Waals surface area contributed by atoms with Crippen molar-refractivity contribution in [1.29, 1.82) is 0 Å². The molecule has 2 atom stereocenters. The number of carboxylic acid groups (broad SMARTS) is 1. The van der Waals surface area contributed by atoms with E-state index in [1.54, 1.807) is 17.9 Å². The van der Waals surface area contributed by atoms with E-state index in [2.05, 4.69) is 0 Å². The van der Waals surface area contributed by atoms with E-state index in [0.717, 1.165) is 5.69 Å². The molecule has 114 valence electrons. The molecule has 0 radical (unpaired) electrons. The van der Waals surface area contributed by atoms with Gasteiger partial charge in [-0.1, -0.05) is 6.07 Å². The molecule has 22 heavy (non-hydrogen) atoms. The number of aliphatic carboxylic acids is 1. The molecule has 1 fully saturated rings. The van der Waals surface area contributed by atoms with Gasteiger partial charge in [-0.05, 0) is 43.7 Å². The van der Waals surface area contributed by atoms with Gasteiger partial charge in [0.1, 0.15) is 0 Å². The molecule has 0 bridgehead atoms. The Hall–Kier alpha value is -2.56. The molecule has 1 aliphatic heterocycles. The molecule has 0 aliphatic carbocycles. The third-order valence-electron chi connectivity index (χ3n) is 4.33. The Kier molecular flexibility index (Phi) is 3.71. The first kappa shape index (κ1) is 14.4. The summed E-state index contributed by atoms with van der Waals surface area (Å²) < 4.78 is 1.93.